The normalized spacial score (nSPS) is 10.9. The SMILES string of the molecule is CCc1ccc(N(CC)C(=O)Cn2nc(-c3ccccc3)c3ccccc3c2=O)cc1. The molecule has 4 rings (SSSR count). The number of rotatable bonds is 6. The molecule has 1 heterocycles. The first-order chi connectivity index (χ1) is 15.1. The predicted octanol–water partition coefficient (Wildman–Crippen LogP) is 4.68. The second-order valence-electron chi connectivity index (χ2n) is 7.38. The summed E-state index contributed by atoms with van der Waals surface area (Å²) in [5.74, 6) is -0.171. The van der Waals surface area contributed by atoms with Crippen molar-refractivity contribution in [3.05, 3.63) is 94.8 Å². The number of hydrogen-bond donors (Lipinski definition) is 0. The molecule has 0 fully saturated rings. The van der Waals surface area contributed by atoms with Crippen molar-refractivity contribution in [3.8, 4) is 11.3 Å². The number of aryl methyl sites for hydroxylation is 1. The molecule has 0 atom stereocenters. The second kappa shape index (κ2) is 8.96. The average molecular weight is 412 g/mol. The van der Waals surface area contributed by atoms with E-state index in [0.29, 0.717) is 17.6 Å². The molecule has 156 valence electrons. The Hall–Kier alpha value is -3.73. The zero-order chi connectivity index (χ0) is 21.8. The third kappa shape index (κ3) is 4.12. The number of aromatic nitrogens is 2. The number of carbonyl (C=O) groups excluding carboxylic acids is 1. The van der Waals surface area contributed by atoms with Crippen LogP contribution in [0.5, 0.6) is 0 Å². The van der Waals surface area contributed by atoms with Crippen molar-refractivity contribution < 1.29 is 4.79 Å². The summed E-state index contributed by atoms with van der Waals surface area (Å²) in [6, 6.07) is 25.1. The highest BCUT2D eigenvalue weighted by atomic mass is 16.2. The minimum atomic E-state index is -0.263. The summed E-state index contributed by atoms with van der Waals surface area (Å²) in [7, 11) is 0. The average Bonchev–Trinajstić information content (AvgIpc) is 2.82. The van der Waals surface area contributed by atoms with Gasteiger partial charge in [0.05, 0.1) is 11.1 Å². The molecule has 0 spiro atoms. The van der Waals surface area contributed by atoms with Gasteiger partial charge < -0.3 is 4.90 Å². The minimum absolute atomic E-state index is 0.118. The summed E-state index contributed by atoms with van der Waals surface area (Å²) in [6.07, 6.45) is 0.943. The fraction of sp³-hybridized carbons (Fsp3) is 0.192. The maximum atomic E-state index is 13.2. The van der Waals surface area contributed by atoms with Gasteiger partial charge in [0.15, 0.2) is 0 Å². The Labute approximate surface area is 181 Å². The molecular weight excluding hydrogens is 386 g/mol. The van der Waals surface area contributed by atoms with Gasteiger partial charge >= 0.3 is 0 Å². The Morgan fingerprint density at radius 3 is 2.16 bits per heavy atom. The highest BCUT2D eigenvalue weighted by Crippen LogP contribution is 2.24. The minimum Gasteiger partial charge on any atom is -0.311 e. The molecule has 0 aliphatic carbocycles. The van der Waals surface area contributed by atoms with Crippen molar-refractivity contribution in [2.24, 2.45) is 0 Å². The number of amides is 1. The quantitative estimate of drug-likeness (QED) is 0.463. The second-order valence-corrected chi connectivity index (χ2v) is 7.38. The summed E-state index contributed by atoms with van der Waals surface area (Å²) in [5, 5.41) is 5.94. The largest absolute Gasteiger partial charge is 0.311 e. The van der Waals surface area contributed by atoms with Crippen LogP contribution >= 0.6 is 0 Å². The van der Waals surface area contributed by atoms with Crippen LogP contribution < -0.4 is 10.5 Å². The molecule has 1 amide bonds. The van der Waals surface area contributed by atoms with Gasteiger partial charge in [0.1, 0.15) is 6.54 Å². The van der Waals surface area contributed by atoms with Crippen LogP contribution in [0.25, 0.3) is 22.0 Å². The molecule has 0 bridgehead atoms. The maximum Gasteiger partial charge on any atom is 0.275 e. The highest BCUT2D eigenvalue weighted by Gasteiger charge is 2.18. The molecule has 5 heteroatoms. The first kappa shape index (κ1) is 20.5. The van der Waals surface area contributed by atoms with Crippen LogP contribution in [0.1, 0.15) is 19.4 Å². The molecule has 31 heavy (non-hydrogen) atoms. The van der Waals surface area contributed by atoms with Crippen molar-refractivity contribution >= 4 is 22.4 Å². The Bertz CT molecular complexity index is 1260. The van der Waals surface area contributed by atoms with E-state index in [1.54, 1.807) is 11.0 Å². The van der Waals surface area contributed by atoms with Gasteiger partial charge in [0, 0.05) is 23.2 Å². The number of hydrogen-bond acceptors (Lipinski definition) is 3. The fourth-order valence-electron chi connectivity index (χ4n) is 3.78. The van der Waals surface area contributed by atoms with Gasteiger partial charge in [-0.25, -0.2) is 4.68 Å². The summed E-state index contributed by atoms with van der Waals surface area (Å²) in [5.41, 5.74) is 3.37. The lowest BCUT2D eigenvalue weighted by Gasteiger charge is -2.22. The molecule has 5 nitrogen and oxygen atoms in total. The molecule has 0 aliphatic heterocycles. The lowest BCUT2D eigenvalue weighted by Crippen LogP contribution is -2.37. The molecule has 3 aromatic carbocycles. The van der Waals surface area contributed by atoms with Crippen molar-refractivity contribution in [1.82, 2.24) is 9.78 Å². The third-order valence-corrected chi connectivity index (χ3v) is 5.47. The van der Waals surface area contributed by atoms with Crippen molar-refractivity contribution in [1.29, 1.82) is 0 Å². The van der Waals surface area contributed by atoms with E-state index < -0.39 is 0 Å². The van der Waals surface area contributed by atoms with Crippen LogP contribution in [-0.2, 0) is 17.8 Å². The van der Waals surface area contributed by atoms with Gasteiger partial charge in [0.2, 0.25) is 5.91 Å². The summed E-state index contributed by atoms with van der Waals surface area (Å²) >= 11 is 0. The number of anilines is 1. The number of fused-ring (bicyclic) bond motifs is 1. The van der Waals surface area contributed by atoms with Crippen LogP contribution in [0.4, 0.5) is 5.69 Å². The first-order valence-electron chi connectivity index (χ1n) is 10.6. The number of carbonyl (C=O) groups is 1. The topological polar surface area (TPSA) is 55.2 Å². The van der Waals surface area contributed by atoms with Crippen LogP contribution in [0.3, 0.4) is 0 Å². The van der Waals surface area contributed by atoms with Gasteiger partial charge in [-0.2, -0.15) is 5.10 Å². The zero-order valence-corrected chi connectivity index (χ0v) is 17.8. The molecule has 0 saturated carbocycles. The van der Waals surface area contributed by atoms with E-state index in [1.807, 2.05) is 79.7 Å². The smallest absolute Gasteiger partial charge is 0.275 e. The van der Waals surface area contributed by atoms with Gasteiger partial charge in [0.25, 0.3) is 5.56 Å². The number of likely N-dealkylation sites (N-methyl/N-ethyl adjacent to an activating group) is 1. The van der Waals surface area contributed by atoms with E-state index in [2.05, 4.69) is 12.0 Å². The van der Waals surface area contributed by atoms with Crippen molar-refractivity contribution in [3.63, 3.8) is 0 Å². The maximum absolute atomic E-state index is 13.2. The fourth-order valence-corrected chi connectivity index (χ4v) is 3.78. The lowest BCUT2D eigenvalue weighted by molar-refractivity contribution is -0.119. The van der Waals surface area contributed by atoms with Gasteiger partial charge in [-0.1, -0.05) is 67.6 Å². The Balaban J connectivity index is 1.74. The van der Waals surface area contributed by atoms with Crippen molar-refractivity contribution in [2.75, 3.05) is 11.4 Å². The standard InChI is InChI=1S/C26H25N3O2/c1-3-19-14-16-21(17-15-19)28(4-2)24(30)18-29-26(31)23-13-9-8-12-22(23)25(27-29)20-10-6-5-7-11-20/h5-17H,3-4,18H2,1-2H3. The molecule has 1 aromatic heterocycles. The summed E-state index contributed by atoms with van der Waals surface area (Å²) in [4.78, 5) is 28.0. The molecule has 0 N–H and O–H groups in total. The summed E-state index contributed by atoms with van der Waals surface area (Å²) in [6.45, 7) is 4.42. The van der Waals surface area contributed by atoms with Crippen LogP contribution in [0, 0.1) is 0 Å². The van der Waals surface area contributed by atoms with E-state index >= 15 is 0 Å². The van der Waals surface area contributed by atoms with Crippen molar-refractivity contribution in [2.45, 2.75) is 26.8 Å². The predicted molar refractivity (Wildman–Crippen MR) is 125 cm³/mol. The van der Waals surface area contributed by atoms with Gasteiger partial charge in [-0.15, -0.1) is 0 Å². The number of benzene rings is 3. The van der Waals surface area contributed by atoms with E-state index in [1.165, 1.54) is 10.2 Å². The Morgan fingerprint density at radius 2 is 1.52 bits per heavy atom. The lowest BCUT2D eigenvalue weighted by atomic mass is 10.1. The van der Waals surface area contributed by atoms with E-state index in [0.717, 1.165) is 23.1 Å². The Kier molecular flexibility index (Phi) is 5.94. The molecule has 0 aliphatic rings. The number of nitrogens with zero attached hydrogens (tertiary/aromatic N) is 3. The third-order valence-electron chi connectivity index (χ3n) is 5.47. The highest BCUT2D eigenvalue weighted by molar-refractivity contribution is 5.95. The molecule has 0 radical (unpaired) electrons. The van der Waals surface area contributed by atoms with Crippen LogP contribution in [0.15, 0.2) is 83.7 Å². The molecule has 4 aromatic rings. The first-order valence-corrected chi connectivity index (χ1v) is 10.6. The van der Waals surface area contributed by atoms with Gasteiger partial charge in [-0.3, -0.25) is 9.59 Å². The summed E-state index contributed by atoms with van der Waals surface area (Å²) < 4.78 is 1.29. The van der Waals surface area contributed by atoms with E-state index in [-0.39, 0.29) is 18.0 Å². The van der Waals surface area contributed by atoms with E-state index in [9.17, 15) is 9.59 Å². The Morgan fingerprint density at radius 1 is 0.871 bits per heavy atom. The van der Waals surface area contributed by atoms with Crippen LogP contribution in [0.2, 0.25) is 0 Å². The molecule has 0 saturated heterocycles. The molecular formula is C26H25N3O2. The monoisotopic (exact) mass is 411 g/mol. The van der Waals surface area contributed by atoms with Crippen LogP contribution in [-0.4, -0.2) is 22.2 Å². The zero-order valence-electron chi connectivity index (χ0n) is 17.8. The van der Waals surface area contributed by atoms with Gasteiger partial charge in [-0.05, 0) is 37.1 Å². The van der Waals surface area contributed by atoms with E-state index in [4.69, 9.17) is 0 Å². The molecule has 0 unspecified atom stereocenters.